The number of carbonyl (C=O) groups excluding carboxylic acids is 2. The van der Waals surface area contributed by atoms with Gasteiger partial charge in [-0.05, 0) is 194 Å². The maximum absolute atomic E-state index is 16.4. The molecule has 10 N–H and O–H groups in total. The predicted octanol–water partition coefficient (Wildman–Crippen LogP) is 10.2. The number of rotatable bonds is 6. The Morgan fingerprint density at radius 3 is 2.41 bits per heavy atom. The summed E-state index contributed by atoms with van der Waals surface area (Å²) < 4.78 is 6.66. The molecule has 8 bridgehead atoms. The largest absolute Gasteiger partial charge is 0.507 e. The van der Waals surface area contributed by atoms with Crippen LogP contribution in [-0.2, 0) is 40.7 Å². The quantitative estimate of drug-likeness (QED) is 0.0559. The zero-order chi connectivity index (χ0) is 57.0. The number of anilines is 1. The van der Waals surface area contributed by atoms with Crippen molar-refractivity contribution in [2.24, 2.45) is 17.8 Å². The van der Waals surface area contributed by atoms with Crippen LogP contribution in [0.1, 0.15) is 157 Å². The average molecular weight is 1120 g/mol. The van der Waals surface area contributed by atoms with Crippen LogP contribution < -0.4 is 15.4 Å². The highest BCUT2D eigenvalue weighted by Gasteiger charge is 2.49. The van der Waals surface area contributed by atoms with Gasteiger partial charge in [0.05, 0.1) is 29.6 Å². The first-order chi connectivity index (χ1) is 40.4. The smallest absolute Gasteiger partial charge is 0.163 e. The van der Waals surface area contributed by atoms with E-state index in [2.05, 4.69) is 62.8 Å². The van der Waals surface area contributed by atoms with Crippen LogP contribution in [0.5, 0.6) is 17.2 Å². The molecule has 83 heavy (non-hydrogen) atoms. The van der Waals surface area contributed by atoms with Gasteiger partial charge in [-0.25, -0.2) is 0 Å². The zero-order valence-electron chi connectivity index (χ0n) is 47.1. The van der Waals surface area contributed by atoms with Gasteiger partial charge >= 0.3 is 0 Å². The minimum Gasteiger partial charge on any atom is -0.507 e. The van der Waals surface area contributed by atoms with Gasteiger partial charge in [0.25, 0.3) is 0 Å². The summed E-state index contributed by atoms with van der Waals surface area (Å²) in [7, 11) is 0. The van der Waals surface area contributed by atoms with E-state index < -0.39 is 65.3 Å². The molecule has 2 fully saturated rings. The van der Waals surface area contributed by atoms with Gasteiger partial charge in [0.2, 0.25) is 0 Å². The molecule has 0 amide bonds. The van der Waals surface area contributed by atoms with E-state index in [0.29, 0.717) is 73.3 Å². The van der Waals surface area contributed by atoms with E-state index in [-0.39, 0.29) is 60.4 Å². The van der Waals surface area contributed by atoms with E-state index in [1.807, 2.05) is 42.7 Å². The number of aliphatic hydroxyl groups excluding tert-OH is 3. The van der Waals surface area contributed by atoms with Crippen molar-refractivity contribution >= 4 is 29.5 Å². The molecule has 7 aliphatic rings. The Morgan fingerprint density at radius 1 is 0.747 bits per heavy atom. The van der Waals surface area contributed by atoms with Crippen LogP contribution in [0, 0.1) is 29.6 Å². The van der Waals surface area contributed by atoms with E-state index in [9.17, 15) is 30.6 Å². The summed E-state index contributed by atoms with van der Waals surface area (Å²) >= 11 is 0. The number of carbonyl (C=O) groups is 2. The van der Waals surface area contributed by atoms with E-state index >= 15 is 9.59 Å². The fraction of sp³-hybridized carbons (Fsp3) is 0.429. The molecule has 4 aromatic carbocycles. The molecule has 8 unspecified atom stereocenters. The lowest BCUT2D eigenvalue weighted by molar-refractivity contribution is -0.135. The molecular formula is C70H76N4O9. The lowest BCUT2D eigenvalue weighted by Crippen LogP contribution is -2.46. The second-order valence-corrected chi connectivity index (χ2v) is 24.9. The highest BCUT2D eigenvalue weighted by atomic mass is 16.5. The number of phenolic OH excluding ortho intramolecular Hbond substituents is 2. The molecule has 3 aliphatic heterocycles. The highest BCUT2D eigenvalue weighted by molar-refractivity contribution is 6.05. The van der Waals surface area contributed by atoms with Crippen molar-refractivity contribution in [2.75, 3.05) is 25.0 Å². The van der Waals surface area contributed by atoms with Crippen LogP contribution in [-0.4, -0.2) is 95.7 Å². The SMILES string of the molecule is O=C1CCc2cc(OC3CCCC3)c(O)c(c2)C(O)c2cc3c4cc2-c2ccccc2CCCNCC(C#CC(Nc2[nH]ccc2C3)C2=Cc3[nH]ccc3C(CC3(O)C=Cc5c(O)cccc5CC3)C2C(=O)C1CCO)C(O)C41CCCC1. The molecule has 0 radical (unpaired) electrons. The third-order valence-electron chi connectivity index (χ3n) is 19.9. The normalized spacial score (nSPS) is 26.8. The number of phenols is 2. The first kappa shape index (κ1) is 55.0. The van der Waals surface area contributed by atoms with Crippen LogP contribution >= 0.6 is 0 Å². The zero-order valence-corrected chi connectivity index (χ0v) is 47.1. The average Bonchev–Trinajstić information content (AvgIpc) is 2.79. The summed E-state index contributed by atoms with van der Waals surface area (Å²) in [6, 6.07) is 24.7. The predicted molar refractivity (Wildman–Crippen MR) is 320 cm³/mol. The number of H-pyrrole nitrogens is 2. The number of fused-ring (bicyclic) bond motifs is 13. The van der Waals surface area contributed by atoms with Gasteiger partial charge in [-0.3, -0.25) is 9.59 Å². The van der Waals surface area contributed by atoms with Crippen molar-refractivity contribution < 1.29 is 45.0 Å². The van der Waals surface area contributed by atoms with Gasteiger partial charge in [0, 0.05) is 72.5 Å². The first-order valence-electron chi connectivity index (χ1n) is 30.5. The van der Waals surface area contributed by atoms with Crippen molar-refractivity contribution in [3.63, 3.8) is 0 Å². The van der Waals surface area contributed by atoms with Crippen LogP contribution in [0.3, 0.4) is 0 Å². The Hall–Kier alpha value is -7.18. The van der Waals surface area contributed by atoms with Gasteiger partial charge in [-0.15, -0.1) is 0 Å². The number of ketones is 2. The molecule has 8 atom stereocenters. The molecule has 1 spiro atoms. The third kappa shape index (κ3) is 10.3. The number of aliphatic hydroxyl groups is 4. The minimum atomic E-state index is -1.47. The van der Waals surface area contributed by atoms with E-state index in [1.165, 1.54) is 0 Å². The number of nitrogens with one attached hydrogen (secondary N) is 4. The van der Waals surface area contributed by atoms with Crippen LogP contribution in [0.2, 0.25) is 0 Å². The molecule has 13 nitrogen and oxygen atoms in total. The first-order valence-corrected chi connectivity index (χ1v) is 30.5. The molecule has 13 rings (SSSR count). The summed E-state index contributed by atoms with van der Waals surface area (Å²) in [4.78, 5) is 38.6. The highest BCUT2D eigenvalue weighted by Crippen LogP contribution is 2.53. The maximum atomic E-state index is 16.4. The summed E-state index contributed by atoms with van der Waals surface area (Å²) in [5.41, 5.74) is 8.59. The molecule has 0 saturated heterocycles. The molecular weight excluding hydrogens is 1040 g/mol. The number of ether oxygens (including phenoxy) is 1. The van der Waals surface area contributed by atoms with Crippen molar-refractivity contribution in [1.82, 2.24) is 15.3 Å². The second-order valence-electron chi connectivity index (χ2n) is 24.9. The number of aromatic amines is 2. The van der Waals surface area contributed by atoms with Crippen molar-refractivity contribution in [1.29, 1.82) is 0 Å². The van der Waals surface area contributed by atoms with Gasteiger partial charge < -0.3 is 56.0 Å². The van der Waals surface area contributed by atoms with Crippen molar-refractivity contribution in [2.45, 2.75) is 150 Å². The van der Waals surface area contributed by atoms with E-state index in [1.54, 1.807) is 36.4 Å². The van der Waals surface area contributed by atoms with Crippen LogP contribution in [0.25, 0.3) is 23.3 Å². The topological polar surface area (TPSA) is 220 Å². The minimum absolute atomic E-state index is 0.0753. The number of aromatic hydroxyl groups is 2. The number of aryl methyl sites for hydroxylation is 3. The van der Waals surface area contributed by atoms with Gasteiger partial charge in [-0.2, -0.15) is 0 Å². The lowest BCUT2D eigenvalue weighted by Gasteiger charge is -2.41. The Kier molecular flexibility index (Phi) is 15.1. The van der Waals surface area contributed by atoms with E-state index in [4.69, 9.17) is 4.74 Å². The fourth-order valence-corrected chi connectivity index (χ4v) is 15.5. The summed E-state index contributed by atoms with van der Waals surface area (Å²) in [6.07, 6.45) is 16.1. The molecule has 5 heterocycles. The lowest BCUT2D eigenvalue weighted by atomic mass is 9.65. The summed E-state index contributed by atoms with van der Waals surface area (Å²) in [5.74, 6) is 3.79. The van der Waals surface area contributed by atoms with Gasteiger partial charge in [0.1, 0.15) is 29.5 Å². The summed E-state index contributed by atoms with van der Waals surface area (Å²) in [6.45, 7) is 0.585. The monoisotopic (exact) mass is 1120 g/mol. The summed E-state index contributed by atoms with van der Waals surface area (Å²) in [5, 5.41) is 81.9. The number of benzene rings is 4. The van der Waals surface area contributed by atoms with Crippen molar-refractivity contribution in [3.05, 3.63) is 164 Å². The Bertz CT molecular complexity index is 3590. The van der Waals surface area contributed by atoms with Crippen LogP contribution in [0.15, 0.2) is 103 Å². The van der Waals surface area contributed by atoms with E-state index in [0.717, 1.165) is 102 Å². The second kappa shape index (κ2) is 22.8. The van der Waals surface area contributed by atoms with Gasteiger partial charge in [-0.1, -0.05) is 79.3 Å². The molecule has 6 aromatic rings. The number of hydrogen-bond donors (Lipinski definition) is 10. The van der Waals surface area contributed by atoms with Crippen molar-refractivity contribution in [3.8, 4) is 40.2 Å². The number of aromatic nitrogens is 2. The molecule has 2 saturated carbocycles. The van der Waals surface area contributed by atoms with Gasteiger partial charge in [0.15, 0.2) is 17.3 Å². The third-order valence-corrected chi connectivity index (χ3v) is 19.9. The Balaban J connectivity index is 1.06. The Morgan fingerprint density at radius 2 is 1.57 bits per heavy atom. The molecule has 2 aromatic heterocycles. The molecule has 13 heteroatoms. The maximum Gasteiger partial charge on any atom is 0.163 e. The fourth-order valence-electron chi connectivity index (χ4n) is 15.5. The number of Topliss-reactive ketones (excluding diaryl/α,β-unsaturated/α-hetero) is 2. The molecule has 4 aliphatic carbocycles. The standard InChI is InChI=1S/C70H76N4O9/c75-32-24-51-61(77)19-16-41-33-55(65(79)62(34-41)83-47-12-2-3-13-47)64(78)53-36-46-35-44-22-30-73-68(44)74-58(18-17-45-40-71-29-8-11-42-9-1-4-14-48(42)52(53)37-57(46)70(67(45)81)25-5-6-26-70)54-38-59-50(23-31-72-59)56(63(54)66(51)80)39-69(82)27-20-43-10-7-15-60(76)49(43)21-28-69/h1,4,7,9-10,14-15,21-23,28,30-31,33-34,36-38,45,47,51,56,58,63-64,67,71-76,78-79,81-82H,2-3,5-6,8,11-13,16,19-20,24-27,29,32,35,39-40H2. The number of hydrogen-bond acceptors (Lipinski definition) is 11. The van der Waals surface area contributed by atoms with Crippen LogP contribution in [0.4, 0.5) is 5.82 Å². The Labute approximate surface area is 485 Å². The molecule has 430 valence electrons.